The Morgan fingerprint density at radius 3 is 2.45 bits per heavy atom. The molecule has 1 aliphatic rings. The van der Waals surface area contributed by atoms with E-state index in [1.54, 1.807) is 7.11 Å². The highest BCUT2D eigenvalue weighted by Crippen LogP contribution is 2.35. The second-order valence-electron chi connectivity index (χ2n) is 10.7. The van der Waals surface area contributed by atoms with Gasteiger partial charge in [0.05, 0.1) is 7.11 Å². The van der Waals surface area contributed by atoms with Crippen molar-refractivity contribution < 1.29 is 9.53 Å². The van der Waals surface area contributed by atoms with Gasteiger partial charge in [0.1, 0.15) is 5.75 Å². The van der Waals surface area contributed by atoms with Crippen LogP contribution < -0.4 is 4.74 Å². The van der Waals surface area contributed by atoms with Crippen molar-refractivity contribution in [3.63, 3.8) is 0 Å². The maximum atomic E-state index is 13.4. The highest BCUT2D eigenvalue weighted by atomic mass is 16.5. The van der Waals surface area contributed by atoms with Gasteiger partial charge in [0.15, 0.2) is 5.78 Å². The summed E-state index contributed by atoms with van der Waals surface area (Å²) in [5, 5.41) is 0. The minimum atomic E-state index is 0.261. The Hall–Kier alpha value is -2.13. The fourth-order valence-corrected chi connectivity index (χ4v) is 5.53. The Morgan fingerprint density at radius 1 is 1.06 bits per heavy atom. The standard InChI is InChI=1S/C30H43NO2/c1-22(2)17-27-15-10-16-28(30(27)33-5)25-13-9-14-26(20-25)29(32)19-24(21-31(3)4)18-23-11-7-6-8-12-23/h9-10,13-16,20,22-24H,6-8,11-12,17-19,21H2,1-5H3/t24-/m0/s1. The molecule has 180 valence electrons. The summed E-state index contributed by atoms with van der Waals surface area (Å²) < 4.78 is 5.83. The van der Waals surface area contributed by atoms with E-state index < -0.39 is 0 Å². The van der Waals surface area contributed by atoms with Gasteiger partial charge in [0.25, 0.3) is 0 Å². The van der Waals surface area contributed by atoms with E-state index in [1.165, 1.54) is 44.1 Å². The molecule has 1 atom stereocenters. The minimum absolute atomic E-state index is 0.261. The number of ketones is 1. The largest absolute Gasteiger partial charge is 0.496 e. The minimum Gasteiger partial charge on any atom is -0.496 e. The van der Waals surface area contributed by atoms with E-state index in [2.05, 4.69) is 63.2 Å². The third kappa shape index (κ3) is 7.43. The van der Waals surface area contributed by atoms with Crippen LogP contribution in [-0.4, -0.2) is 38.4 Å². The fraction of sp³-hybridized carbons (Fsp3) is 0.567. The summed E-state index contributed by atoms with van der Waals surface area (Å²) in [5.41, 5.74) is 4.16. The van der Waals surface area contributed by atoms with E-state index in [0.717, 1.165) is 41.3 Å². The number of hydrogen-bond acceptors (Lipinski definition) is 3. The van der Waals surface area contributed by atoms with Crippen molar-refractivity contribution in [2.75, 3.05) is 27.7 Å². The van der Waals surface area contributed by atoms with Crippen molar-refractivity contribution >= 4 is 5.78 Å². The Labute approximate surface area is 201 Å². The van der Waals surface area contributed by atoms with Gasteiger partial charge in [-0.25, -0.2) is 0 Å². The first-order valence-electron chi connectivity index (χ1n) is 12.8. The molecular formula is C30H43NO2. The summed E-state index contributed by atoms with van der Waals surface area (Å²) in [6, 6.07) is 14.5. The van der Waals surface area contributed by atoms with Gasteiger partial charge in [-0.2, -0.15) is 0 Å². The van der Waals surface area contributed by atoms with Crippen LogP contribution in [0.15, 0.2) is 42.5 Å². The van der Waals surface area contributed by atoms with Gasteiger partial charge in [-0.15, -0.1) is 0 Å². The first-order chi connectivity index (χ1) is 15.9. The molecule has 1 saturated carbocycles. The molecule has 3 nitrogen and oxygen atoms in total. The van der Waals surface area contributed by atoms with E-state index in [-0.39, 0.29) is 5.78 Å². The Balaban J connectivity index is 1.79. The van der Waals surface area contributed by atoms with Crippen molar-refractivity contribution in [2.24, 2.45) is 17.8 Å². The molecule has 0 amide bonds. The molecule has 1 aliphatic carbocycles. The maximum Gasteiger partial charge on any atom is 0.163 e. The Kier molecular flexibility index (Phi) is 9.55. The van der Waals surface area contributed by atoms with Gasteiger partial charge in [-0.1, -0.05) is 82.3 Å². The number of methoxy groups -OCH3 is 1. The van der Waals surface area contributed by atoms with Crippen molar-refractivity contribution in [3.8, 4) is 16.9 Å². The van der Waals surface area contributed by atoms with Crippen molar-refractivity contribution in [1.82, 2.24) is 4.90 Å². The van der Waals surface area contributed by atoms with Gasteiger partial charge in [0, 0.05) is 24.1 Å². The van der Waals surface area contributed by atoms with Crippen LogP contribution >= 0.6 is 0 Å². The van der Waals surface area contributed by atoms with Crippen LogP contribution in [0.1, 0.15) is 74.7 Å². The number of hydrogen-bond donors (Lipinski definition) is 0. The second kappa shape index (κ2) is 12.4. The number of Topliss-reactive ketones (excluding diaryl/α,β-unsaturated/α-hetero) is 1. The molecular weight excluding hydrogens is 406 g/mol. The fourth-order valence-electron chi connectivity index (χ4n) is 5.53. The third-order valence-corrected chi connectivity index (χ3v) is 6.91. The van der Waals surface area contributed by atoms with Crippen LogP contribution in [0.4, 0.5) is 0 Å². The lowest BCUT2D eigenvalue weighted by atomic mass is 9.80. The molecule has 2 aromatic carbocycles. The highest BCUT2D eigenvalue weighted by molar-refractivity contribution is 5.97. The number of carbonyl (C=O) groups is 1. The number of rotatable bonds is 11. The van der Waals surface area contributed by atoms with E-state index in [9.17, 15) is 4.79 Å². The zero-order valence-electron chi connectivity index (χ0n) is 21.4. The summed E-state index contributed by atoms with van der Waals surface area (Å²) in [7, 11) is 5.99. The molecule has 0 radical (unpaired) electrons. The van der Waals surface area contributed by atoms with Gasteiger partial charge in [-0.3, -0.25) is 4.79 Å². The summed E-state index contributed by atoms with van der Waals surface area (Å²) in [5.74, 6) is 2.95. The molecule has 3 rings (SSSR count). The van der Waals surface area contributed by atoms with Gasteiger partial charge >= 0.3 is 0 Å². The number of benzene rings is 2. The number of ether oxygens (including phenoxy) is 1. The molecule has 33 heavy (non-hydrogen) atoms. The predicted molar refractivity (Wildman–Crippen MR) is 139 cm³/mol. The van der Waals surface area contributed by atoms with Crippen LogP contribution in [0.5, 0.6) is 5.75 Å². The Bertz CT molecular complexity index is 896. The lowest BCUT2D eigenvalue weighted by Gasteiger charge is -2.28. The first kappa shape index (κ1) is 25.5. The van der Waals surface area contributed by atoms with Crippen LogP contribution in [0, 0.1) is 17.8 Å². The smallest absolute Gasteiger partial charge is 0.163 e. The van der Waals surface area contributed by atoms with Gasteiger partial charge in [-0.05, 0) is 61.9 Å². The summed E-state index contributed by atoms with van der Waals surface area (Å²) in [6.07, 6.45) is 9.53. The lowest BCUT2D eigenvalue weighted by Crippen LogP contribution is -2.26. The van der Waals surface area contributed by atoms with Crippen molar-refractivity contribution in [3.05, 3.63) is 53.6 Å². The molecule has 0 N–H and O–H groups in total. The molecule has 1 fully saturated rings. The zero-order chi connectivity index (χ0) is 23.8. The molecule has 0 aliphatic heterocycles. The van der Waals surface area contributed by atoms with Crippen LogP contribution in [-0.2, 0) is 6.42 Å². The normalized spacial score (nSPS) is 15.7. The third-order valence-electron chi connectivity index (χ3n) is 6.91. The van der Waals surface area contributed by atoms with Gasteiger partial charge in [0.2, 0.25) is 0 Å². The summed E-state index contributed by atoms with van der Waals surface area (Å²) in [4.78, 5) is 15.6. The monoisotopic (exact) mass is 449 g/mol. The molecule has 0 aromatic heterocycles. The zero-order valence-corrected chi connectivity index (χ0v) is 21.4. The van der Waals surface area contributed by atoms with Crippen LogP contribution in [0.3, 0.4) is 0 Å². The number of carbonyl (C=O) groups excluding carboxylic acids is 1. The molecule has 0 bridgehead atoms. The van der Waals surface area contributed by atoms with E-state index in [0.29, 0.717) is 18.3 Å². The summed E-state index contributed by atoms with van der Waals surface area (Å²) >= 11 is 0. The predicted octanol–water partition coefficient (Wildman–Crippen LogP) is 7.28. The van der Waals surface area contributed by atoms with E-state index in [1.807, 2.05) is 12.1 Å². The first-order valence-corrected chi connectivity index (χ1v) is 12.8. The number of nitrogens with zero attached hydrogens (tertiary/aromatic N) is 1. The average Bonchev–Trinajstić information content (AvgIpc) is 2.79. The molecule has 0 unspecified atom stereocenters. The molecule has 3 heteroatoms. The number of para-hydroxylation sites is 1. The lowest BCUT2D eigenvalue weighted by molar-refractivity contribution is 0.0940. The van der Waals surface area contributed by atoms with Crippen LogP contribution in [0.2, 0.25) is 0 Å². The SMILES string of the molecule is COc1c(CC(C)C)cccc1-c1cccc(C(=O)C[C@H](CC2CCCCC2)CN(C)C)c1. The quantitative estimate of drug-likeness (QED) is 0.338. The highest BCUT2D eigenvalue weighted by Gasteiger charge is 2.23. The van der Waals surface area contributed by atoms with E-state index >= 15 is 0 Å². The molecule has 0 saturated heterocycles. The second-order valence-corrected chi connectivity index (χ2v) is 10.7. The Morgan fingerprint density at radius 2 is 1.79 bits per heavy atom. The van der Waals surface area contributed by atoms with Gasteiger partial charge < -0.3 is 9.64 Å². The molecule has 0 heterocycles. The molecule has 0 spiro atoms. The molecule has 2 aromatic rings. The van der Waals surface area contributed by atoms with Crippen LogP contribution in [0.25, 0.3) is 11.1 Å². The topological polar surface area (TPSA) is 29.5 Å². The van der Waals surface area contributed by atoms with Crippen molar-refractivity contribution in [1.29, 1.82) is 0 Å². The summed E-state index contributed by atoms with van der Waals surface area (Å²) in [6.45, 7) is 5.43. The average molecular weight is 450 g/mol. The maximum absolute atomic E-state index is 13.4. The van der Waals surface area contributed by atoms with Crippen molar-refractivity contribution in [2.45, 2.75) is 65.2 Å². The van der Waals surface area contributed by atoms with E-state index in [4.69, 9.17) is 4.74 Å².